The molecule has 3 unspecified atom stereocenters. The number of piperidine rings is 1. The first-order chi connectivity index (χ1) is 8.47. The molecule has 1 heterocycles. The first-order valence-corrected chi connectivity index (χ1v) is 6.39. The van der Waals surface area contributed by atoms with Gasteiger partial charge in [0, 0.05) is 24.7 Å². The predicted molar refractivity (Wildman–Crippen MR) is 69.6 cm³/mol. The van der Waals surface area contributed by atoms with E-state index >= 15 is 0 Å². The Hall–Kier alpha value is -1.16. The molecule has 1 aromatic carbocycles. The van der Waals surface area contributed by atoms with Crippen LogP contribution in [0.5, 0.6) is 0 Å². The molecule has 2 nitrogen and oxygen atoms in total. The summed E-state index contributed by atoms with van der Waals surface area (Å²) in [4.78, 5) is 2.31. The zero-order valence-corrected chi connectivity index (χ0v) is 11.1. The molecule has 3 atom stereocenters. The molecule has 0 radical (unpaired) electrons. The smallest absolute Gasteiger partial charge is 0.149 e. The summed E-state index contributed by atoms with van der Waals surface area (Å²) in [5, 5.41) is 3.21. The molecule has 1 aromatic rings. The van der Waals surface area contributed by atoms with Gasteiger partial charge in [-0.1, -0.05) is 6.92 Å². The monoisotopic (exact) mass is 254 g/mol. The minimum absolute atomic E-state index is 0.233. The molecule has 0 saturated carbocycles. The Morgan fingerprint density at radius 1 is 1.28 bits per heavy atom. The highest BCUT2D eigenvalue weighted by molar-refractivity contribution is 5.45. The van der Waals surface area contributed by atoms with Gasteiger partial charge in [-0.05, 0) is 38.4 Å². The molecule has 0 amide bonds. The maximum absolute atomic E-state index is 13.6. The molecule has 0 aliphatic carbocycles. The van der Waals surface area contributed by atoms with Crippen LogP contribution >= 0.6 is 0 Å². The second kappa shape index (κ2) is 5.22. The van der Waals surface area contributed by atoms with Gasteiger partial charge in [0.1, 0.15) is 11.6 Å². The molecule has 100 valence electrons. The molecule has 1 aliphatic rings. The Kier molecular flexibility index (Phi) is 3.85. The fraction of sp³-hybridized carbons (Fsp3) is 0.571. The largest absolute Gasteiger partial charge is 0.380 e. The highest BCUT2D eigenvalue weighted by Crippen LogP contribution is 2.25. The van der Waals surface area contributed by atoms with Crippen LogP contribution in [0, 0.1) is 17.6 Å². The van der Waals surface area contributed by atoms with Crippen molar-refractivity contribution in [1.29, 1.82) is 0 Å². The Balaban J connectivity index is 2.08. The molecule has 0 aromatic heterocycles. The van der Waals surface area contributed by atoms with E-state index in [9.17, 15) is 8.78 Å². The maximum atomic E-state index is 13.6. The fourth-order valence-corrected chi connectivity index (χ4v) is 2.55. The van der Waals surface area contributed by atoms with Crippen molar-refractivity contribution in [2.24, 2.45) is 5.92 Å². The molecule has 4 heteroatoms. The van der Waals surface area contributed by atoms with Gasteiger partial charge in [0.15, 0.2) is 0 Å². The van der Waals surface area contributed by atoms with Crippen LogP contribution < -0.4 is 5.32 Å². The number of nitrogens with zero attached hydrogens (tertiary/aromatic N) is 1. The third-order valence-electron chi connectivity index (χ3n) is 3.88. The summed E-state index contributed by atoms with van der Waals surface area (Å²) in [6.45, 7) is 5.31. The summed E-state index contributed by atoms with van der Waals surface area (Å²) >= 11 is 0. The summed E-state index contributed by atoms with van der Waals surface area (Å²) in [5.41, 5.74) is 0.394. The Morgan fingerprint density at radius 2 is 2.00 bits per heavy atom. The second-order valence-corrected chi connectivity index (χ2v) is 5.38. The predicted octanol–water partition coefficient (Wildman–Crippen LogP) is 3.11. The van der Waals surface area contributed by atoms with Crippen LogP contribution in [0.25, 0.3) is 0 Å². The summed E-state index contributed by atoms with van der Waals surface area (Å²) in [6.07, 6.45) is 0.967. The lowest BCUT2D eigenvalue weighted by Gasteiger charge is -2.40. The summed E-state index contributed by atoms with van der Waals surface area (Å²) in [5.74, 6) is -0.618. The van der Waals surface area contributed by atoms with Gasteiger partial charge < -0.3 is 10.2 Å². The van der Waals surface area contributed by atoms with Gasteiger partial charge in [-0.2, -0.15) is 0 Å². The van der Waals surface area contributed by atoms with Crippen LogP contribution in [0.3, 0.4) is 0 Å². The lowest BCUT2D eigenvalue weighted by atomic mass is 9.89. The highest BCUT2D eigenvalue weighted by Gasteiger charge is 2.29. The van der Waals surface area contributed by atoms with E-state index in [1.165, 1.54) is 12.1 Å². The van der Waals surface area contributed by atoms with Crippen LogP contribution in [-0.4, -0.2) is 30.6 Å². The fourth-order valence-electron chi connectivity index (χ4n) is 2.55. The number of likely N-dealkylation sites (tertiary alicyclic amines) is 1. The second-order valence-electron chi connectivity index (χ2n) is 5.38. The lowest BCUT2D eigenvalue weighted by molar-refractivity contribution is 0.145. The molecule has 18 heavy (non-hydrogen) atoms. The van der Waals surface area contributed by atoms with Crippen molar-refractivity contribution in [3.05, 3.63) is 29.8 Å². The normalized spacial score (nSPS) is 29.3. The number of nitrogens with one attached hydrogen (secondary N) is 1. The number of rotatable bonds is 2. The maximum Gasteiger partial charge on any atom is 0.149 e. The van der Waals surface area contributed by atoms with Crippen LogP contribution in [0.15, 0.2) is 18.2 Å². The Labute approximate surface area is 107 Å². The van der Waals surface area contributed by atoms with Gasteiger partial charge in [-0.25, -0.2) is 8.78 Å². The van der Waals surface area contributed by atoms with E-state index in [1.807, 2.05) is 0 Å². The number of hydrogen-bond donors (Lipinski definition) is 1. The molecule has 1 N–H and O–H groups in total. The Bertz CT molecular complexity index is 422. The van der Waals surface area contributed by atoms with Crippen molar-refractivity contribution in [3.63, 3.8) is 0 Å². The van der Waals surface area contributed by atoms with E-state index in [2.05, 4.69) is 31.1 Å². The first-order valence-electron chi connectivity index (χ1n) is 6.39. The topological polar surface area (TPSA) is 15.3 Å². The van der Waals surface area contributed by atoms with Crippen molar-refractivity contribution >= 4 is 5.69 Å². The molecule has 2 rings (SSSR count). The molecule has 1 fully saturated rings. The average molecular weight is 254 g/mol. The van der Waals surface area contributed by atoms with Crippen LogP contribution in [-0.2, 0) is 0 Å². The van der Waals surface area contributed by atoms with Crippen molar-refractivity contribution in [1.82, 2.24) is 4.90 Å². The van der Waals surface area contributed by atoms with Gasteiger partial charge >= 0.3 is 0 Å². The Morgan fingerprint density at radius 3 is 2.67 bits per heavy atom. The van der Waals surface area contributed by atoms with E-state index < -0.39 is 11.6 Å². The quantitative estimate of drug-likeness (QED) is 0.872. The standard InChI is InChI=1S/C14H20F2N2/c1-9-8-18(3)10(2)6-14(9)17-13-5-4-11(15)7-12(13)16/h4-5,7,9-10,14,17H,6,8H2,1-3H3. The van der Waals surface area contributed by atoms with Crippen molar-refractivity contribution in [3.8, 4) is 0 Å². The zero-order valence-electron chi connectivity index (χ0n) is 11.1. The number of hydrogen-bond acceptors (Lipinski definition) is 2. The summed E-state index contributed by atoms with van der Waals surface area (Å²) < 4.78 is 26.4. The average Bonchev–Trinajstić information content (AvgIpc) is 2.29. The van der Waals surface area contributed by atoms with Gasteiger partial charge in [-0.3, -0.25) is 0 Å². The van der Waals surface area contributed by atoms with Crippen LogP contribution in [0.4, 0.5) is 14.5 Å². The van der Waals surface area contributed by atoms with Gasteiger partial charge in [0.05, 0.1) is 5.69 Å². The van der Waals surface area contributed by atoms with E-state index in [0.29, 0.717) is 17.6 Å². The third kappa shape index (κ3) is 2.80. The third-order valence-corrected chi connectivity index (χ3v) is 3.88. The van der Waals surface area contributed by atoms with Crippen LogP contribution in [0.2, 0.25) is 0 Å². The highest BCUT2D eigenvalue weighted by atomic mass is 19.1. The molecule has 0 bridgehead atoms. The molecular weight excluding hydrogens is 234 g/mol. The van der Waals surface area contributed by atoms with Gasteiger partial charge in [-0.15, -0.1) is 0 Å². The summed E-state index contributed by atoms with van der Waals surface area (Å²) in [6, 6.07) is 4.39. The molecular formula is C14H20F2N2. The van der Waals surface area contributed by atoms with E-state index in [0.717, 1.165) is 19.0 Å². The van der Waals surface area contributed by atoms with Gasteiger partial charge in [0.25, 0.3) is 0 Å². The van der Waals surface area contributed by atoms with Gasteiger partial charge in [0.2, 0.25) is 0 Å². The molecule has 0 spiro atoms. The minimum Gasteiger partial charge on any atom is -0.380 e. The lowest BCUT2D eigenvalue weighted by Crippen LogP contribution is -2.48. The SMILES string of the molecule is CC1CN(C)C(C)CC1Nc1ccc(F)cc1F. The molecule has 1 saturated heterocycles. The van der Waals surface area contributed by atoms with Crippen molar-refractivity contribution in [2.45, 2.75) is 32.4 Å². The first kappa shape index (κ1) is 13.3. The number of anilines is 1. The number of benzene rings is 1. The van der Waals surface area contributed by atoms with E-state index in [4.69, 9.17) is 0 Å². The minimum atomic E-state index is -0.539. The summed E-state index contributed by atoms with van der Waals surface area (Å²) in [7, 11) is 2.11. The zero-order chi connectivity index (χ0) is 13.3. The molecule has 1 aliphatic heterocycles. The van der Waals surface area contributed by atoms with Crippen molar-refractivity contribution in [2.75, 3.05) is 18.9 Å². The number of halogens is 2. The van der Waals surface area contributed by atoms with Crippen molar-refractivity contribution < 1.29 is 8.78 Å². The van der Waals surface area contributed by atoms with E-state index in [1.54, 1.807) is 0 Å². The van der Waals surface area contributed by atoms with Crippen LogP contribution in [0.1, 0.15) is 20.3 Å². The van der Waals surface area contributed by atoms with E-state index in [-0.39, 0.29) is 6.04 Å².